The molecule has 0 spiro atoms. The van der Waals surface area contributed by atoms with Gasteiger partial charge in [-0.3, -0.25) is 4.68 Å². The minimum absolute atomic E-state index is 0.194. The van der Waals surface area contributed by atoms with Crippen LogP contribution >= 0.6 is 0 Å². The average Bonchev–Trinajstić information content (AvgIpc) is 3.08. The maximum atomic E-state index is 12.3. The summed E-state index contributed by atoms with van der Waals surface area (Å²) in [5, 5.41) is 7.26. The maximum absolute atomic E-state index is 12.3. The fraction of sp³-hybridized carbons (Fsp3) is 0.615. The van der Waals surface area contributed by atoms with Gasteiger partial charge in [-0.1, -0.05) is 0 Å². The Morgan fingerprint density at radius 1 is 1.30 bits per heavy atom. The Hall–Kier alpha value is -2.05. The summed E-state index contributed by atoms with van der Waals surface area (Å²) in [5.41, 5.74) is 2.24. The summed E-state index contributed by atoms with van der Waals surface area (Å²) in [6, 6.07) is 1.63. The molecule has 3 heterocycles. The van der Waals surface area contributed by atoms with E-state index in [1.54, 1.807) is 4.90 Å². The minimum Gasteiger partial charge on any atom is -0.336 e. The van der Waals surface area contributed by atoms with E-state index in [2.05, 4.69) is 16.5 Å². The molecule has 1 aromatic heterocycles. The number of carbonyl (C=O) groups is 2. The highest BCUT2D eigenvalue weighted by molar-refractivity contribution is 5.94. The molecule has 2 fully saturated rings. The van der Waals surface area contributed by atoms with Crippen molar-refractivity contribution in [2.45, 2.75) is 31.8 Å². The number of carbonyl (C=O) groups excluding carboxylic acids is 2. The molecule has 1 N–H and O–H groups in total. The summed E-state index contributed by atoms with van der Waals surface area (Å²) in [6.07, 6.45) is 2.46. The zero-order valence-electron chi connectivity index (χ0n) is 11.2. The molecule has 0 aromatic carbocycles. The van der Waals surface area contributed by atoms with Crippen molar-refractivity contribution in [3.05, 3.63) is 17.5 Å². The number of nitrogens with one attached hydrogen (secondary N) is 1. The molecule has 1 saturated heterocycles. The Labute approximate surface area is 116 Å². The molecule has 2 aliphatic heterocycles. The van der Waals surface area contributed by atoms with Crippen LogP contribution in [0.4, 0.5) is 9.59 Å². The summed E-state index contributed by atoms with van der Waals surface area (Å²) in [7, 11) is 0. The van der Waals surface area contributed by atoms with Crippen LogP contribution in [-0.4, -0.2) is 51.3 Å². The molecule has 4 rings (SSSR count). The summed E-state index contributed by atoms with van der Waals surface area (Å²) in [5.74, 6) is 0.626. The Balaban J connectivity index is 1.51. The lowest BCUT2D eigenvalue weighted by Gasteiger charge is -2.30. The van der Waals surface area contributed by atoms with Crippen molar-refractivity contribution in [2.75, 3.05) is 19.6 Å². The highest BCUT2D eigenvalue weighted by atomic mass is 16.2. The van der Waals surface area contributed by atoms with Crippen molar-refractivity contribution in [3.63, 3.8) is 0 Å². The lowest BCUT2D eigenvalue weighted by Crippen LogP contribution is -2.47. The molecule has 106 valence electrons. The molecule has 0 unspecified atom stereocenters. The molecule has 3 aliphatic rings. The monoisotopic (exact) mass is 275 g/mol. The smallest absolute Gasteiger partial charge is 0.328 e. The first-order valence-electron chi connectivity index (χ1n) is 7.13. The van der Waals surface area contributed by atoms with E-state index in [0.29, 0.717) is 38.6 Å². The normalized spacial score (nSPS) is 21.9. The van der Waals surface area contributed by atoms with Gasteiger partial charge in [0.2, 0.25) is 0 Å². The fourth-order valence-electron chi connectivity index (χ4n) is 2.86. The average molecular weight is 275 g/mol. The highest BCUT2D eigenvalue weighted by Gasteiger charge is 2.33. The Bertz CT molecular complexity index is 577. The summed E-state index contributed by atoms with van der Waals surface area (Å²) < 4.78 is 2.00. The highest BCUT2D eigenvalue weighted by Crippen LogP contribution is 2.39. The first-order valence-corrected chi connectivity index (χ1v) is 7.13. The molecule has 0 radical (unpaired) electrons. The minimum atomic E-state index is -0.284. The topological polar surface area (TPSA) is 70.5 Å². The molecule has 1 aliphatic carbocycles. The Morgan fingerprint density at radius 3 is 2.85 bits per heavy atom. The number of urea groups is 2. The van der Waals surface area contributed by atoms with E-state index in [1.807, 2.05) is 4.68 Å². The second-order valence-corrected chi connectivity index (χ2v) is 5.65. The third kappa shape index (κ3) is 1.85. The van der Waals surface area contributed by atoms with Gasteiger partial charge in [-0.2, -0.15) is 5.10 Å². The lowest BCUT2D eigenvalue weighted by molar-refractivity contribution is 0.150. The molecular weight excluding hydrogens is 258 g/mol. The van der Waals surface area contributed by atoms with E-state index in [9.17, 15) is 9.59 Å². The van der Waals surface area contributed by atoms with Crippen molar-refractivity contribution in [2.24, 2.45) is 0 Å². The van der Waals surface area contributed by atoms with Gasteiger partial charge < -0.3 is 10.2 Å². The number of aromatic nitrogens is 2. The van der Waals surface area contributed by atoms with Crippen LogP contribution in [0.25, 0.3) is 0 Å². The van der Waals surface area contributed by atoms with Crippen LogP contribution in [0.5, 0.6) is 0 Å². The molecule has 1 saturated carbocycles. The zero-order valence-corrected chi connectivity index (χ0v) is 11.2. The van der Waals surface area contributed by atoms with Gasteiger partial charge >= 0.3 is 12.1 Å². The van der Waals surface area contributed by atoms with Crippen LogP contribution < -0.4 is 5.32 Å². The van der Waals surface area contributed by atoms with Gasteiger partial charge in [0, 0.05) is 25.6 Å². The largest absolute Gasteiger partial charge is 0.336 e. The molecule has 1 aromatic rings. The Kier molecular flexibility index (Phi) is 2.48. The van der Waals surface area contributed by atoms with Crippen LogP contribution in [0.2, 0.25) is 0 Å². The quantitative estimate of drug-likeness (QED) is 0.821. The van der Waals surface area contributed by atoms with Crippen molar-refractivity contribution >= 4 is 12.1 Å². The van der Waals surface area contributed by atoms with Gasteiger partial charge in [0.05, 0.1) is 24.5 Å². The summed E-state index contributed by atoms with van der Waals surface area (Å²) in [6.45, 7) is 2.87. The third-order valence-electron chi connectivity index (χ3n) is 4.17. The number of hydrogen-bond donors (Lipinski definition) is 1. The number of rotatable bonds is 1. The van der Waals surface area contributed by atoms with E-state index in [-0.39, 0.29) is 12.1 Å². The molecule has 7 heteroatoms. The van der Waals surface area contributed by atoms with Crippen LogP contribution in [0.15, 0.2) is 6.07 Å². The molecular formula is C13H17N5O2. The van der Waals surface area contributed by atoms with Gasteiger partial charge in [0.25, 0.3) is 0 Å². The van der Waals surface area contributed by atoms with Crippen molar-refractivity contribution in [3.8, 4) is 0 Å². The van der Waals surface area contributed by atoms with Gasteiger partial charge in [0.1, 0.15) is 0 Å². The lowest BCUT2D eigenvalue weighted by atomic mass is 10.2. The fourth-order valence-corrected chi connectivity index (χ4v) is 2.86. The molecule has 4 amide bonds. The Morgan fingerprint density at radius 2 is 2.15 bits per heavy atom. The van der Waals surface area contributed by atoms with E-state index in [0.717, 1.165) is 11.4 Å². The first kappa shape index (κ1) is 11.7. The van der Waals surface area contributed by atoms with Crippen LogP contribution in [0, 0.1) is 0 Å². The van der Waals surface area contributed by atoms with Crippen molar-refractivity contribution < 1.29 is 9.59 Å². The van der Waals surface area contributed by atoms with Crippen molar-refractivity contribution in [1.82, 2.24) is 24.9 Å². The molecule has 7 nitrogen and oxygen atoms in total. The first-order chi connectivity index (χ1) is 9.72. The van der Waals surface area contributed by atoms with E-state index >= 15 is 0 Å². The van der Waals surface area contributed by atoms with Gasteiger partial charge in [-0.15, -0.1) is 0 Å². The van der Waals surface area contributed by atoms with Gasteiger partial charge in [-0.05, 0) is 18.9 Å². The molecule has 0 atom stereocenters. The summed E-state index contributed by atoms with van der Waals surface area (Å²) >= 11 is 0. The predicted octanol–water partition coefficient (Wildman–Crippen LogP) is 0.721. The van der Waals surface area contributed by atoms with Crippen LogP contribution in [-0.2, 0) is 13.1 Å². The van der Waals surface area contributed by atoms with Gasteiger partial charge in [0.15, 0.2) is 0 Å². The van der Waals surface area contributed by atoms with E-state index in [1.165, 1.54) is 17.7 Å². The number of nitrogens with zero attached hydrogens (tertiary/aromatic N) is 4. The maximum Gasteiger partial charge on any atom is 0.328 e. The standard InChI is InChI=1S/C13H17N5O2/c19-12-14-3-4-17(12)13(20)16-5-6-18-10(8-16)7-11(15-18)9-1-2-9/h7,9H,1-6,8H2,(H,14,19). The predicted molar refractivity (Wildman–Crippen MR) is 70.1 cm³/mol. The molecule has 0 bridgehead atoms. The second kappa shape index (κ2) is 4.22. The SMILES string of the molecule is O=C1NCCN1C(=O)N1CCn2nc(C3CC3)cc2C1. The van der Waals surface area contributed by atoms with E-state index < -0.39 is 0 Å². The molecule has 20 heavy (non-hydrogen) atoms. The van der Waals surface area contributed by atoms with Gasteiger partial charge in [-0.25, -0.2) is 14.5 Å². The second-order valence-electron chi connectivity index (χ2n) is 5.65. The van der Waals surface area contributed by atoms with E-state index in [4.69, 9.17) is 0 Å². The van der Waals surface area contributed by atoms with Crippen molar-refractivity contribution in [1.29, 1.82) is 0 Å². The third-order valence-corrected chi connectivity index (χ3v) is 4.17. The zero-order chi connectivity index (χ0) is 13.7. The summed E-state index contributed by atoms with van der Waals surface area (Å²) in [4.78, 5) is 26.9. The number of amides is 4. The number of imide groups is 1. The number of fused-ring (bicyclic) bond motifs is 1. The van der Waals surface area contributed by atoms with Crippen LogP contribution in [0.1, 0.15) is 30.1 Å². The number of hydrogen-bond acceptors (Lipinski definition) is 3. The van der Waals surface area contributed by atoms with Crippen LogP contribution in [0.3, 0.4) is 0 Å².